The first-order chi connectivity index (χ1) is 27.3. The Kier molecular flexibility index (Phi) is 6.27. The van der Waals surface area contributed by atoms with E-state index >= 15 is 0 Å². The van der Waals surface area contributed by atoms with Crippen LogP contribution in [0.15, 0.2) is 186 Å². The van der Waals surface area contributed by atoms with Crippen LogP contribution in [-0.2, 0) is 0 Å². The molecule has 0 saturated heterocycles. The van der Waals surface area contributed by atoms with E-state index in [0.29, 0.717) is 11.7 Å². The van der Waals surface area contributed by atoms with Crippen LogP contribution in [0.1, 0.15) is 0 Å². The molecule has 55 heavy (non-hydrogen) atoms. The predicted molar refractivity (Wildman–Crippen MR) is 226 cm³/mol. The van der Waals surface area contributed by atoms with Crippen molar-refractivity contribution >= 4 is 76.5 Å². The Morgan fingerprint density at radius 1 is 0.382 bits per heavy atom. The van der Waals surface area contributed by atoms with E-state index in [4.69, 9.17) is 14.4 Å². The van der Waals surface area contributed by atoms with Gasteiger partial charge in [0.05, 0.1) is 33.1 Å². The van der Waals surface area contributed by atoms with Crippen molar-refractivity contribution in [1.82, 2.24) is 19.1 Å². The van der Waals surface area contributed by atoms with E-state index in [-0.39, 0.29) is 0 Å². The van der Waals surface area contributed by atoms with Crippen LogP contribution in [0, 0.1) is 0 Å². The van der Waals surface area contributed by atoms with Crippen molar-refractivity contribution in [3.05, 3.63) is 182 Å². The van der Waals surface area contributed by atoms with Crippen LogP contribution in [0.3, 0.4) is 0 Å². The van der Waals surface area contributed by atoms with Crippen molar-refractivity contribution in [2.45, 2.75) is 0 Å². The summed E-state index contributed by atoms with van der Waals surface area (Å²) in [5.74, 6) is 0.573. The molecule has 8 aromatic carbocycles. The van der Waals surface area contributed by atoms with E-state index < -0.39 is 0 Å². The number of fused-ring (bicyclic) bond motifs is 11. The first-order valence-electron chi connectivity index (χ1n) is 18.6. The molecule has 256 valence electrons. The van der Waals surface area contributed by atoms with Crippen LogP contribution in [0.25, 0.3) is 110 Å². The zero-order valence-electron chi connectivity index (χ0n) is 29.5. The molecule has 0 bridgehead atoms. The van der Waals surface area contributed by atoms with E-state index in [2.05, 4.69) is 185 Å². The molecule has 0 unspecified atom stereocenters. The van der Waals surface area contributed by atoms with E-state index in [1.165, 1.54) is 27.4 Å². The molecule has 5 nitrogen and oxygen atoms in total. The lowest BCUT2D eigenvalue weighted by Crippen LogP contribution is -2.02. The zero-order chi connectivity index (χ0) is 36.0. The van der Waals surface area contributed by atoms with Crippen LogP contribution in [0.2, 0.25) is 0 Å². The predicted octanol–water partition coefficient (Wildman–Crippen LogP) is 13.1. The summed E-state index contributed by atoms with van der Waals surface area (Å²) in [6.07, 6.45) is 0. The molecule has 0 aliphatic rings. The normalized spacial score (nSPS) is 12.0. The lowest BCUT2D eigenvalue weighted by molar-refractivity contribution is 0.655. The van der Waals surface area contributed by atoms with Gasteiger partial charge in [0, 0.05) is 43.6 Å². The smallest absolute Gasteiger partial charge is 0.238 e. The molecule has 0 aliphatic carbocycles. The summed E-state index contributed by atoms with van der Waals surface area (Å²) in [5.41, 5.74) is 11.2. The van der Waals surface area contributed by atoms with Crippen molar-refractivity contribution in [2.75, 3.05) is 0 Å². The van der Waals surface area contributed by atoms with Crippen LogP contribution in [0.5, 0.6) is 0 Å². The molecule has 0 saturated carbocycles. The molecule has 0 N–H and O–H groups in total. The van der Waals surface area contributed by atoms with Crippen LogP contribution in [0.4, 0.5) is 0 Å². The highest BCUT2D eigenvalue weighted by Gasteiger charge is 2.22. The topological polar surface area (TPSA) is 48.8 Å². The van der Waals surface area contributed by atoms with Crippen molar-refractivity contribution in [1.29, 1.82) is 0 Å². The third-order valence-electron chi connectivity index (χ3n) is 11.2. The minimum Gasteiger partial charge on any atom is -0.437 e. The summed E-state index contributed by atoms with van der Waals surface area (Å²) in [5, 5.41) is 8.86. The molecular weight excluding hydrogens is 673 g/mol. The van der Waals surface area contributed by atoms with Gasteiger partial charge in [0.1, 0.15) is 5.58 Å². The maximum Gasteiger partial charge on any atom is 0.238 e. The highest BCUT2D eigenvalue weighted by Crippen LogP contribution is 2.41. The Bertz CT molecular complexity index is 3480. The fourth-order valence-electron chi connectivity index (χ4n) is 8.67. The second kappa shape index (κ2) is 11.5. The largest absolute Gasteiger partial charge is 0.437 e. The summed E-state index contributed by atoms with van der Waals surface area (Å²) in [6.45, 7) is 0. The number of hydrogen-bond acceptors (Lipinski definition) is 3. The average molecular weight is 703 g/mol. The van der Waals surface area contributed by atoms with Crippen LogP contribution < -0.4 is 0 Å². The molecule has 0 spiro atoms. The second-order valence-electron chi connectivity index (χ2n) is 14.2. The molecule has 0 fully saturated rings. The summed E-state index contributed by atoms with van der Waals surface area (Å²) in [7, 11) is 0. The second-order valence-corrected chi connectivity index (χ2v) is 14.2. The Labute approximate surface area is 315 Å². The number of para-hydroxylation sites is 3. The Balaban J connectivity index is 1.08. The van der Waals surface area contributed by atoms with E-state index in [0.717, 1.165) is 71.4 Å². The van der Waals surface area contributed by atoms with Gasteiger partial charge in [-0.2, -0.15) is 4.98 Å². The Morgan fingerprint density at radius 2 is 0.945 bits per heavy atom. The quantitative estimate of drug-likeness (QED) is 0.183. The Hall–Kier alpha value is -7.50. The number of aromatic nitrogens is 4. The van der Waals surface area contributed by atoms with Crippen molar-refractivity contribution in [3.63, 3.8) is 0 Å². The van der Waals surface area contributed by atoms with Gasteiger partial charge in [-0.3, -0.25) is 4.57 Å². The summed E-state index contributed by atoms with van der Waals surface area (Å²) >= 11 is 0. The van der Waals surface area contributed by atoms with E-state index in [1.54, 1.807) is 0 Å². The van der Waals surface area contributed by atoms with Gasteiger partial charge in [-0.05, 0) is 71.1 Å². The van der Waals surface area contributed by atoms with Gasteiger partial charge < -0.3 is 8.98 Å². The van der Waals surface area contributed by atoms with Gasteiger partial charge in [-0.25, -0.2) is 4.98 Å². The molecule has 0 amide bonds. The standard InChI is InChI=1S/C50H30N4O/c1-3-14-32(15-4-1)47-46-39-26-23-31-13-7-8-18-36(31)48(39)55-49(46)52-50(51-47)54-43-22-12-10-20-38(43)41-30-34(25-28-45(41)54)33-24-27-44-40(29-33)37-19-9-11-21-42(37)53(44)35-16-5-2-6-17-35/h1-30H. The number of nitrogens with zero attached hydrogens (tertiary/aromatic N) is 4. The summed E-state index contributed by atoms with van der Waals surface area (Å²) in [6, 6.07) is 64.4. The van der Waals surface area contributed by atoms with Crippen LogP contribution >= 0.6 is 0 Å². The van der Waals surface area contributed by atoms with Gasteiger partial charge in [-0.15, -0.1) is 0 Å². The monoisotopic (exact) mass is 702 g/mol. The minimum atomic E-state index is 0.570. The van der Waals surface area contributed by atoms with E-state index in [9.17, 15) is 0 Å². The zero-order valence-corrected chi connectivity index (χ0v) is 29.5. The number of rotatable bonds is 4. The molecule has 5 heteroatoms. The fraction of sp³-hybridized carbons (Fsp3) is 0. The maximum absolute atomic E-state index is 6.70. The number of benzene rings is 8. The molecule has 4 heterocycles. The molecule has 0 atom stereocenters. The third kappa shape index (κ3) is 4.41. The average Bonchev–Trinajstić information content (AvgIpc) is 3.91. The maximum atomic E-state index is 6.70. The van der Waals surface area contributed by atoms with Gasteiger partial charge in [0.25, 0.3) is 0 Å². The molecule has 4 aromatic heterocycles. The molecule has 0 radical (unpaired) electrons. The van der Waals surface area contributed by atoms with Crippen molar-refractivity contribution in [2.24, 2.45) is 0 Å². The van der Waals surface area contributed by atoms with Gasteiger partial charge in [0.15, 0.2) is 0 Å². The number of furan rings is 1. The molecule has 12 rings (SSSR count). The lowest BCUT2D eigenvalue weighted by atomic mass is 10.0. The lowest BCUT2D eigenvalue weighted by Gasteiger charge is -2.10. The SMILES string of the molecule is c1ccc(-c2nc(-n3c4ccccc4c4cc(-c5ccc6c(c5)c5ccccc5n6-c5ccccc5)ccc43)nc3oc4c5ccccc5ccc4c23)cc1. The Morgan fingerprint density at radius 3 is 1.65 bits per heavy atom. The number of hydrogen-bond donors (Lipinski definition) is 0. The first-order valence-corrected chi connectivity index (χ1v) is 18.6. The van der Waals surface area contributed by atoms with E-state index in [1.807, 2.05) is 6.07 Å². The van der Waals surface area contributed by atoms with Gasteiger partial charge >= 0.3 is 0 Å². The van der Waals surface area contributed by atoms with Crippen molar-refractivity contribution in [3.8, 4) is 34.0 Å². The van der Waals surface area contributed by atoms with Crippen molar-refractivity contribution < 1.29 is 4.42 Å². The highest BCUT2D eigenvalue weighted by molar-refractivity contribution is 6.18. The fourth-order valence-corrected chi connectivity index (χ4v) is 8.67. The third-order valence-corrected chi connectivity index (χ3v) is 11.2. The first kappa shape index (κ1) is 30.0. The summed E-state index contributed by atoms with van der Waals surface area (Å²) < 4.78 is 11.2. The van der Waals surface area contributed by atoms with Gasteiger partial charge in [-0.1, -0.05) is 127 Å². The molecular formula is C50H30N4O. The minimum absolute atomic E-state index is 0.570. The summed E-state index contributed by atoms with van der Waals surface area (Å²) in [4.78, 5) is 10.6. The molecule has 0 aliphatic heterocycles. The van der Waals surface area contributed by atoms with Crippen LogP contribution in [-0.4, -0.2) is 19.1 Å². The highest BCUT2D eigenvalue weighted by atomic mass is 16.3. The van der Waals surface area contributed by atoms with Gasteiger partial charge in [0.2, 0.25) is 11.7 Å². The molecule has 12 aromatic rings.